The number of phenolic OH excluding ortho intramolecular Hbond substituents is 1. The van der Waals surface area contributed by atoms with Crippen molar-refractivity contribution >= 4 is 28.4 Å². The molecule has 1 unspecified atom stereocenters. The van der Waals surface area contributed by atoms with E-state index in [0.717, 1.165) is 13.2 Å². The molecule has 0 bridgehead atoms. The van der Waals surface area contributed by atoms with Crippen molar-refractivity contribution in [2.45, 2.75) is 31.7 Å². The number of methoxy groups -OCH3 is 1. The fourth-order valence-electron chi connectivity index (χ4n) is 6.82. The summed E-state index contributed by atoms with van der Waals surface area (Å²) >= 11 is 0. The van der Waals surface area contributed by atoms with E-state index >= 15 is 0 Å². The fraction of sp³-hybridized carbons (Fsp3) is 0.242. The van der Waals surface area contributed by atoms with Crippen molar-refractivity contribution in [3.05, 3.63) is 125 Å². The van der Waals surface area contributed by atoms with Crippen LogP contribution in [0.3, 0.4) is 0 Å². The van der Waals surface area contributed by atoms with E-state index in [0.29, 0.717) is 28.8 Å². The Morgan fingerprint density at radius 2 is 1.59 bits per heavy atom. The van der Waals surface area contributed by atoms with Crippen LogP contribution in [0.1, 0.15) is 35.7 Å². The highest BCUT2D eigenvalue weighted by Crippen LogP contribution is 2.55. The first kappa shape index (κ1) is 28.8. The number of nitrogens with zero attached hydrogens (tertiary/aromatic N) is 1. The Balaban J connectivity index is 1.80. The Kier molecular flexibility index (Phi) is 6.47. The van der Waals surface area contributed by atoms with Crippen molar-refractivity contribution in [1.29, 1.82) is 0 Å². The van der Waals surface area contributed by atoms with Crippen LogP contribution in [-0.4, -0.2) is 46.4 Å². The predicted molar refractivity (Wildman–Crippen MR) is 165 cm³/mol. The summed E-state index contributed by atoms with van der Waals surface area (Å²) in [5.74, 6) is -2.44. The molecule has 1 atom stereocenters. The maximum atomic E-state index is 13.8. The molecule has 4 aliphatic rings. The van der Waals surface area contributed by atoms with Gasteiger partial charge in [-0.2, -0.15) is 0 Å². The molecular weight excluding hydrogens is 568 g/mol. The number of aromatic hydroxyl groups is 1. The Morgan fingerprint density at radius 1 is 0.932 bits per heavy atom. The molecule has 0 saturated heterocycles. The largest absolute Gasteiger partial charge is 0.510 e. The predicted octanol–water partition coefficient (Wildman–Crippen LogP) is 0.165. The maximum absolute atomic E-state index is 13.8. The number of phenols is 1. The second-order valence-electron chi connectivity index (χ2n) is 11.3. The van der Waals surface area contributed by atoms with Gasteiger partial charge in [0.1, 0.15) is 22.7 Å². The second kappa shape index (κ2) is 9.88. The molecule has 11 nitrogen and oxygen atoms in total. The van der Waals surface area contributed by atoms with E-state index in [4.69, 9.17) is 4.74 Å². The first-order chi connectivity index (χ1) is 20.9. The SMILES string of the molecule is CC=CC=Cc1cc2c(CN(C)C)c3c(c(O)c2c(=O)[nH]1)C1(CC3)C(O)=c2c(=O)c3c(=O)cc(OC)c(=O)c=3c(=O)c2=C1O. The number of aromatic amines is 1. The number of hydrogen-bond donors (Lipinski definition) is 4. The van der Waals surface area contributed by atoms with Gasteiger partial charge in [-0.3, -0.25) is 24.0 Å². The molecule has 4 aliphatic carbocycles. The third kappa shape index (κ3) is 3.62. The molecule has 11 heteroatoms. The number of aliphatic hydroxyl groups is 2. The van der Waals surface area contributed by atoms with Gasteiger partial charge < -0.3 is 29.9 Å². The number of nitrogens with one attached hydrogen (secondary N) is 1. The smallest absolute Gasteiger partial charge is 0.260 e. The number of allylic oxidation sites excluding steroid dienone is 3. The van der Waals surface area contributed by atoms with Gasteiger partial charge >= 0.3 is 0 Å². The second-order valence-corrected chi connectivity index (χ2v) is 11.3. The van der Waals surface area contributed by atoms with E-state index in [1.54, 1.807) is 24.3 Å². The molecular formula is C33H28N2O9. The lowest BCUT2D eigenvalue weighted by Crippen LogP contribution is -2.51. The summed E-state index contributed by atoms with van der Waals surface area (Å²) in [6.45, 7) is 2.16. The van der Waals surface area contributed by atoms with Crippen LogP contribution in [0.5, 0.6) is 11.5 Å². The molecule has 44 heavy (non-hydrogen) atoms. The number of rotatable bonds is 5. The van der Waals surface area contributed by atoms with Gasteiger partial charge in [-0.15, -0.1) is 0 Å². The van der Waals surface area contributed by atoms with E-state index in [1.165, 1.54) is 0 Å². The molecule has 224 valence electrons. The van der Waals surface area contributed by atoms with Crippen LogP contribution in [0, 0.1) is 10.4 Å². The van der Waals surface area contributed by atoms with Crippen LogP contribution in [0.25, 0.3) is 28.4 Å². The Bertz CT molecular complexity index is 2480. The van der Waals surface area contributed by atoms with Crippen LogP contribution in [0.2, 0.25) is 0 Å². The normalized spacial score (nSPS) is 17.8. The molecule has 0 saturated carbocycles. The summed E-state index contributed by atoms with van der Waals surface area (Å²) in [7, 11) is 4.78. The molecule has 6 rings (SSSR count). The highest BCUT2D eigenvalue weighted by Gasteiger charge is 2.53. The Hall–Kier alpha value is -5.29. The molecule has 0 fully saturated rings. The van der Waals surface area contributed by atoms with Gasteiger partial charge in [-0.25, -0.2) is 0 Å². The highest BCUT2D eigenvalue weighted by atomic mass is 16.5. The molecule has 1 spiro atoms. The van der Waals surface area contributed by atoms with E-state index < -0.39 is 76.6 Å². The number of aromatic nitrogens is 1. The van der Waals surface area contributed by atoms with Gasteiger partial charge in [-0.05, 0) is 62.5 Å². The lowest BCUT2D eigenvalue weighted by Gasteiger charge is -2.28. The zero-order chi connectivity index (χ0) is 31.8. The third-order valence-corrected chi connectivity index (χ3v) is 8.62. The average molecular weight is 597 g/mol. The van der Waals surface area contributed by atoms with Crippen molar-refractivity contribution < 1.29 is 20.1 Å². The van der Waals surface area contributed by atoms with Crippen molar-refractivity contribution in [3.63, 3.8) is 0 Å². The zero-order valence-electron chi connectivity index (χ0n) is 24.3. The fourth-order valence-corrected chi connectivity index (χ4v) is 6.82. The van der Waals surface area contributed by atoms with Crippen LogP contribution in [0.4, 0.5) is 0 Å². The molecule has 0 aliphatic heterocycles. The van der Waals surface area contributed by atoms with E-state index in [9.17, 15) is 39.3 Å². The zero-order valence-corrected chi connectivity index (χ0v) is 24.3. The lowest BCUT2D eigenvalue weighted by atomic mass is 9.77. The number of pyridine rings is 1. The average Bonchev–Trinajstić information content (AvgIpc) is 3.48. The number of aliphatic hydroxyl groups excluding tert-OH is 2. The molecule has 0 radical (unpaired) electrons. The summed E-state index contributed by atoms with van der Waals surface area (Å²) in [6.07, 6.45) is 7.20. The minimum atomic E-state index is -1.97. The minimum Gasteiger partial charge on any atom is -0.510 e. The molecule has 0 amide bonds. The third-order valence-electron chi connectivity index (χ3n) is 8.62. The van der Waals surface area contributed by atoms with Gasteiger partial charge in [0.05, 0.1) is 33.4 Å². The van der Waals surface area contributed by atoms with Crippen LogP contribution in [-0.2, 0) is 18.4 Å². The number of H-pyrrole nitrogens is 1. The van der Waals surface area contributed by atoms with Crippen LogP contribution in [0.15, 0.2) is 54.3 Å². The van der Waals surface area contributed by atoms with Gasteiger partial charge in [0.15, 0.2) is 11.2 Å². The molecule has 1 aromatic heterocycles. The summed E-state index contributed by atoms with van der Waals surface area (Å²) in [6, 6.07) is 2.53. The highest BCUT2D eigenvalue weighted by molar-refractivity contribution is 5.97. The van der Waals surface area contributed by atoms with Crippen molar-refractivity contribution in [2.75, 3.05) is 21.2 Å². The number of benzene rings is 1. The topological polar surface area (TPSA) is 174 Å². The van der Waals surface area contributed by atoms with Gasteiger partial charge in [0, 0.05) is 23.9 Å². The molecule has 1 heterocycles. The number of hydrogen-bond acceptors (Lipinski definition) is 10. The molecule has 1 aromatic carbocycles. The summed E-state index contributed by atoms with van der Waals surface area (Å²) in [4.78, 5) is 71.4. The Labute approximate surface area is 247 Å². The van der Waals surface area contributed by atoms with Gasteiger partial charge in [-0.1, -0.05) is 18.2 Å². The maximum Gasteiger partial charge on any atom is 0.260 e. The van der Waals surface area contributed by atoms with Crippen molar-refractivity contribution in [1.82, 2.24) is 9.88 Å². The van der Waals surface area contributed by atoms with Crippen LogP contribution >= 0.6 is 0 Å². The quantitative estimate of drug-likeness (QED) is 0.233. The summed E-state index contributed by atoms with van der Waals surface area (Å²) in [5, 5.41) is 32.9. The molecule has 2 aromatic rings. The minimum absolute atomic E-state index is 0.0131. The van der Waals surface area contributed by atoms with E-state index in [-0.39, 0.29) is 23.8 Å². The number of ether oxygens (including phenoxy) is 1. The van der Waals surface area contributed by atoms with Gasteiger partial charge in [0.25, 0.3) is 5.56 Å². The van der Waals surface area contributed by atoms with E-state index in [2.05, 4.69) is 4.98 Å². The number of fused-ring (bicyclic) bond motifs is 4. The summed E-state index contributed by atoms with van der Waals surface area (Å²) < 4.78 is 4.93. The van der Waals surface area contributed by atoms with Crippen LogP contribution < -0.4 is 42.4 Å². The lowest BCUT2D eigenvalue weighted by molar-refractivity contribution is 0.362. The first-order valence-electron chi connectivity index (χ1n) is 13.8. The monoisotopic (exact) mass is 596 g/mol. The standard InChI is InChI=1S/C33H28N2O9/c1-5-6-7-8-14-11-16-17(13-35(2)3)15-9-10-33(25(15)29(40)20(16)32(43)34-14)30(41)23-24(31(33)42)28(39)22-21(27(23)38)18(36)12-19(44-4)26(22)37/h5-8,11-12,40-42H,9-10,13H2,1-4H3,(H,34,43). The summed E-state index contributed by atoms with van der Waals surface area (Å²) in [5.41, 5.74) is -5.11. The van der Waals surface area contributed by atoms with Gasteiger partial charge in [0.2, 0.25) is 16.3 Å². The van der Waals surface area contributed by atoms with Crippen molar-refractivity contribution in [2.24, 2.45) is 0 Å². The Morgan fingerprint density at radius 3 is 2.20 bits per heavy atom. The molecule has 4 N–H and O–H groups in total. The first-order valence-corrected chi connectivity index (χ1v) is 13.8. The van der Waals surface area contributed by atoms with Crippen molar-refractivity contribution in [3.8, 4) is 11.5 Å². The van der Waals surface area contributed by atoms with E-state index in [1.807, 2.05) is 32.0 Å².